The molecule has 0 aliphatic heterocycles. The second-order valence-corrected chi connectivity index (χ2v) is 32.1. The van der Waals surface area contributed by atoms with Crippen molar-refractivity contribution in [2.45, 2.75) is 0 Å². The van der Waals surface area contributed by atoms with Crippen molar-refractivity contribution in [1.29, 1.82) is 0 Å². The minimum atomic E-state index is 0.691. The third-order valence-corrected chi connectivity index (χ3v) is 25.2. The standard InChI is InChI=1S/C68H43N3.C50H31N3/c1-4-17-44(18-5-1)47-31-33-49(34-32-47)53-28-16-29-58-56(53)36-40-64-66(58)65-54-24-11-10-23-48(54)35-38-63(65)71(64)62-39-37-59(55-25-12-13-26-57(55)62)68-69-61-30-15-14-27-60(61)67(70-68)52-42-50(45-19-6-2-7-20-45)41-51(43-52)46-21-8-3-9-22-46;1-3-15-32(16-4-1)42-31-46-48(39-24-12-10-22-37(39)42)47-35-20-8-7-17-33(35)27-29-45(47)53(46)44-30-28-40(36-21-9-11-23-38(36)44)50-51-43-26-14-13-25-41(43)49(52-50)34-18-5-2-6-19-34/h1-43H;1-31H. The van der Waals surface area contributed by atoms with Crippen LogP contribution in [0.2, 0.25) is 0 Å². The van der Waals surface area contributed by atoms with Crippen molar-refractivity contribution in [3.05, 3.63) is 449 Å². The van der Waals surface area contributed by atoms with E-state index in [-0.39, 0.29) is 0 Å². The molecule has 0 unspecified atom stereocenters. The van der Waals surface area contributed by atoms with E-state index in [0.29, 0.717) is 5.82 Å². The molecular weight excluding hydrogens is 1500 g/mol. The first-order valence-electron chi connectivity index (χ1n) is 42.4. The van der Waals surface area contributed by atoms with Gasteiger partial charge < -0.3 is 9.13 Å². The number of fused-ring (bicyclic) bond motifs is 18. The summed E-state index contributed by atoms with van der Waals surface area (Å²) in [5, 5.41) is 21.5. The highest BCUT2D eigenvalue weighted by Crippen LogP contribution is 2.49. The summed E-state index contributed by atoms with van der Waals surface area (Å²) in [5.74, 6) is 1.41. The summed E-state index contributed by atoms with van der Waals surface area (Å²) in [7, 11) is 0. The fourth-order valence-electron chi connectivity index (χ4n) is 19.5. The van der Waals surface area contributed by atoms with Crippen LogP contribution in [0.1, 0.15) is 0 Å². The average Bonchev–Trinajstić information content (AvgIpc) is 1.55. The van der Waals surface area contributed by atoms with Crippen LogP contribution in [0.3, 0.4) is 0 Å². The van der Waals surface area contributed by atoms with Crippen LogP contribution in [-0.4, -0.2) is 29.1 Å². The van der Waals surface area contributed by atoms with Crippen LogP contribution in [0.25, 0.3) is 242 Å². The molecule has 21 aromatic carbocycles. The first-order valence-corrected chi connectivity index (χ1v) is 42.4. The minimum absolute atomic E-state index is 0.691. The topological polar surface area (TPSA) is 61.4 Å². The highest BCUT2D eigenvalue weighted by molar-refractivity contribution is 6.32. The van der Waals surface area contributed by atoms with Crippen molar-refractivity contribution in [1.82, 2.24) is 29.1 Å². The van der Waals surface area contributed by atoms with E-state index in [0.717, 1.165) is 122 Å². The van der Waals surface area contributed by atoms with Gasteiger partial charge in [0, 0.05) is 65.3 Å². The predicted octanol–water partition coefficient (Wildman–Crippen LogP) is 31.4. The van der Waals surface area contributed by atoms with Gasteiger partial charge in [0.05, 0.1) is 55.9 Å². The average molecular weight is 1580 g/mol. The second-order valence-electron chi connectivity index (χ2n) is 32.1. The Hall–Kier alpha value is -16.5. The number of rotatable bonds is 11. The Morgan fingerprint density at radius 1 is 0.153 bits per heavy atom. The molecule has 0 aliphatic rings. The highest BCUT2D eigenvalue weighted by Gasteiger charge is 2.26. The Labute approximate surface area is 715 Å². The van der Waals surface area contributed by atoms with Gasteiger partial charge >= 0.3 is 0 Å². The van der Waals surface area contributed by atoms with E-state index in [4.69, 9.17) is 19.9 Å². The maximum absolute atomic E-state index is 5.56. The minimum Gasteiger partial charge on any atom is -0.309 e. The van der Waals surface area contributed by atoms with Crippen LogP contribution in [0, 0.1) is 0 Å². The van der Waals surface area contributed by atoms with Gasteiger partial charge in [0.1, 0.15) is 0 Å². The summed E-state index contributed by atoms with van der Waals surface area (Å²) in [5.41, 5.74) is 26.6. The van der Waals surface area contributed by atoms with Gasteiger partial charge in [0.15, 0.2) is 11.6 Å². The van der Waals surface area contributed by atoms with E-state index in [1.807, 2.05) is 6.07 Å². The number of benzene rings is 21. The van der Waals surface area contributed by atoms with E-state index < -0.39 is 0 Å². The number of nitrogens with zero attached hydrogens (tertiary/aromatic N) is 6. The van der Waals surface area contributed by atoms with E-state index >= 15 is 0 Å². The lowest BCUT2D eigenvalue weighted by molar-refractivity contribution is 1.19. The van der Waals surface area contributed by atoms with Crippen LogP contribution in [0.5, 0.6) is 0 Å². The second kappa shape index (κ2) is 29.8. The predicted molar refractivity (Wildman–Crippen MR) is 522 cm³/mol. The molecule has 0 saturated heterocycles. The van der Waals surface area contributed by atoms with Gasteiger partial charge in [-0.3, -0.25) is 0 Å². The molecule has 6 heteroatoms. The molecule has 4 heterocycles. The fraction of sp³-hybridized carbons (Fsp3) is 0. The van der Waals surface area contributed by atoms with Gasteiger partial charge in [-0.15, -0.1) is 0 Å². The number of hydrogen-bond donors (Lipinski definition) is 0. The monoisotopic (exact) mass is 1570 g/mol. The zero-order chi connectivity index (χ0) is 81.7. The Bertz CT molecular complexity index is 8520. The normalized spacial score (nSPS) is 11.7. The van der Waals surface area contributed by atoms with E-state index in [1.54, 1.807) is 0 Å². The zero-order valence-corrected chi connectivity index (χ0v) is 67.4. The Balaban J connectivity index is 0.000000145. The smallest absolute Gasteiger partial charge is 0.161 e. The summed E-state index contributed by atoms with van der Waals surface area (Å²) < 4.78 is 4.97. The van der Waals surface area contributed by atoms with Crippen LogP contribution >= 0.6 is 0 Å². The first kappa shape index (κ1) is 71.6. The molecule has 6 nitrogen and oxygen atoms in total. The SMILES string of the molecule is c1ccc(-c2ccc(-c3cccc4c3ccc3c4c4c5ccccc5ccc4n3-c3ccc(-c4nc(-c5cc(-c6ccccc6)cc(-c6ccccc6)c5)c5ccccc5n4)c4ccccc34)cc2)cc1.c1ccc(-c2nc(-c3ccc(-n4c5ccc6ccccc6c5c5c6ccccc6c(-c6ccccc6)cc54)c4ccccc34)nc3ccccc23)cc1. The maximum Gasteiger partial charge on any atom is 0.161 e. The van der Waals surface area contributed by atoms with Gasteiger partial charge in [0.2, 0.25) is 0 Å². The first-order chi connectivity index (χ1) is 61.5. The van der Waals surface area contributed by atoms with Gasteiger partial charge in [-0.25, -0.2) is 19.9 Å². The zero-order valence-electron chi connectivity index (χ0n) is 67.4. The molecule has 0 radical (unpaired) electrons. The van der Waals surface area contributed by atoms with Crippen molar-refractivity contribution in [3.63, 3.8) is 0 Å². The lowest BCUT2D eigenvalue weighted by Crippen LogP contribution is -1.99. The third kappa shape index (κ3) is 12.0. The fourth-order valence-corrected chi connectivity index (χ4v) is 19.5. The summed E-state index contributed by atoms with van der Waals surface area (Å²) in [4.78, 5) is 21.3. The molecule has 124 heavy (non-hydrogen) atoms. The summed E-state index contributed by atoms with van der Waals surface area (Å²) >= 11 is 0. The van der Waals surface area contributed by atoms with Gasteiger partial charge in [-0.2, -0.15) is 0 Å². The van der Waals surface area contributed by atoms with Crippen LogP contribution < -0.4 is 0 Å². The van der Waals surface area contributed by atoms with E-state index in [1.165, 1.54) is 115 Å². The van der Waals surface area contributed by atoms with Crippen LogP contribution in [-0.2, 0) is 0 Å². The largest absolute Gasteiger partial charge is 0.309 e. The van der Waals surface area contributed by atoms with E-state index in [2.05, 4.69) is 452 Å². The summed E-state index contributed by atoms with van der Waals surface area (Å²) in [6.45, 7) is 0. The van der Waals surface area contributed by atoms with Crippen molar-refractivity contribution in [3.8, 4) is 112 Å². The molecule has 0 fully saturated rings. The molecule has 0 saturated carbocycles. The molecule has 0 spiro atoms. The van der Waals surface area contributed by atoms with Crippen molar-refractivity contribution >= 4 is 130 Å². The Kier molecular flexibility index (Phi) is 17.2. The quantitative estimate of drug-likeness (QED) is 0.129. The van der Waals surface area contributed by atoms with Crippen LogP contribution in [0.15, 0.2) is 449 Å². The molecule has 0 atom stereocenters. The molecule has 4 aromatic heterocycles. The molecule has 576 valence electrons. The Morgan fingerprint density at radius 3 is 0.976 bits per heavy atom. The van der Waals surface area contributed by atoms with Gasteiger partial charge in [-0.05, 0) is 188 Å². The van der Waals surface area contributed by atoms with Crippen LogP contribution in [0.4, 0.5) is 0 Å². The lowest BCUT2D eigenvalue weighted by atomic mass is 9.93. The van der Waals surface area contributed by atoms with Crippen molar-refractivity contribution in [2.24, 2.45) is 0 Å². The van der Waals surface area contributed by atoms with E-state index in [9.17, 15) is 0 Å². The molecule has 25 rings (SSSR count). The van der Waals surface area contributed by atoms with Gasteiger partial charge in [0.25, 0.3) is 0 Å². The number of para-hydroxylation sites is 2. The number of hydrogen-bond acceptors (Lipinski definition) is 4. The maximum atomic E-state index is 5.56. The Morgan fingerprint density at radius 2 is 0.476 bits per heavy atom. The molecule has 0 N–H and O–H groups in total. The summed E-state index contributed by atoms with van der Waals surface area (Å²) in [6, 6.07) is 162. The lowest BCUT2D eigenvalue weighted by Gasteiger charge is -2.16. The van der Waals surface area contributed by atoms with Gasteiger partial charge in [-0.1, -0.05) is 370 Å². The third-order valence-electron chi connectivity index (χ3n) is 25.2. The molecule has 0 bridgehead atoms. The van der Waals surface area contributed by atoms with Crippen molar-refractivity contribution in [2.75, 3.05) is 0 Å². The number of aromatic nitrogens is 6. The molecule has 0 aliphatic carbocycles. The molecule has 25 aromatic rings. The molecule has 0 amide bonds. The highest BCUT2D eigenvalue weighted by atomic mass is 15.0. The van der Waals surface area contributed by atoms with Crippen molar-refractivity contribution < 1.29 is 0 Å². The molecular formula is C118H74N6. The summed E-state index contributed by atoms with van der Waals surface area (Å²) in [6.07, 6.45) is 0.